The molecule has 0 radical (unpaired) electrons. The molecule has 4 aromatic rings. The molecule has 29 heavy (non-hydrogen) atoms. The van der Waals surface area contributed by atoms with E-state index in [-0.39, 0.29) is 6.10 Å². The topological polar surface area (TPSA) is 95.8 Å². The Kier molecular flexibility index (Phi) is 4.99. The highest BCUT2D eigenvalue weighted by molar-refractivity contribution is 5.94. The summed E-state index contributed by atoms with van der Waals surface area (Å²) in [7, 11) is 0. The number of H-pyrrole nitrogens is 1. The maximum Gasteiger partial charge on any atom is 0.160 e. The lowest BCUT2D eigenvalue weighted by Gasteiger charge is -2.10. The molecule has 0 aliphatic rings. The van der Waals surface area contributed by atoms with E-state index in [1.165, 1.54) is 0 Å². The maximum absolute atomic E-state index is 8.99. The number of hydrogen-bond donors (Lipinski definition) is 2. The van der Waals surface area contributed by atoms with Gasteiger partial charge in [-0.05, 0) is 56.3 Å². The van der Waals surface area contributed by atoms with Gasteiger partial charge in [0, 0.05) is 23.2 Å². The van der Waals surface area contributed by atoms with Gasteiger partial charge in [0.25, 0.3) is 0 Å². The van der Waals surface area contributed by atoms with E-state index in [1.54, 1.807) is 30.5 Å². The van der Waals surface area contributed by atoms with Crippen LogP contribution in [0.5, 0.6) is 11.5 Å². The van der Waals surface area contributed by atoms with Crippen molar-refractivity contribution in [2.45, 2.75) is 20.0 Å². The summed E-state index contributed by atoms with van der Waals surface area (Å²) in [4.78, 5) is 9.83. The van der Waals surface area contributed by atoms with Crippen molar-refractivity contribution in [2.75, 3.05) is 5.48 Å². The van der Waals surface area contributed by atoms with E-state index in [2.05, 4.69) is 26.7 Å². The molecule has 0 aliphatic heterocycles. The fourth-order valence-corrected chi connectivity index (χ4v) is 2.93. The zero-order valence-corrected chi connectivity index (χ0v) is 16.0. The van der Waals surface area contributed by atoms with Gasteiger partial charge in [-0.1, -0.05) is 6.07 Å². The van der Waals surface area contributed by atoms with Crippen molar-refractivity contribution in [1.82, 2.24) is 15.2 Å². The molecular formula is C22H19N5O2. The largest absolute Gasteiger partial charge is 0.491 e. The minimum absolute atomic E-state index is 0.0937. The number of pyridine rings is 1. The zero-order valence-electron chi connectivity index (χ0n) is 16.0. The predicted octanol–water partition coefficient (Wildman–Crippen LogP) is 4.69. The molecule has 2 N–H and O–H groups in total. The van der Waals surface area contributed by atoms with Crippen LogP contribution in [0.15, 0.2) is 60.8 Å². The number of nitrogens with one attached hydrogen (secondary N) is 2. The quantitative estimate of drug-likeness (QED) is 0.468. The van der Waals surface area contributed by atoms with Crippen LogP contribution in [0.4, 0.5) is 5.82 Å². The van der Waals surface area contributed by atoms with Crippen LogP contribution >= 0.6 is 0 Å². The van der Waals surface area contributed by atoms with Gasteiger partial charge in [0.2, 0.25) is 0 Å². The van der Waals surface area contributed by atoms with Crippen LogP contribution in [0.1, 0.15) is 19.4 Å². The highest BCUT2D eigenvalue weighted by Gasteiger charge is 2.11. The number of aromatic nitrogens is 3. The summed E-state index contributed by atoms with van der Waals surface area (Å²) in [6.45, 7) is 3.99. The van der Waals surface area contributed by atoms with Gasteiger partial charge in [-0.25, -0.2) is 10.5 Å². The summed E-state index contributed by atoms with van der Waals surface area (Å²) in [5, 5.41) is 17.5. The van der Waals surface area contributed by atoms with Gasteiger partial charge in [0.1, 0.15) is 11.4 Å². The van der Waals surface area contributed by atoms with E-state index in [9.17, 15) is 0 Å². The lowest BCUT2D eigenvalue weighted by Crippen LogP contribution is -2.06. The van der Waals surface area contributed by atoms with Crippen LogP contribution in [0, 0.1) is 11.3 Å². The second kappa shape index (κ2) is 7.90. The lowest BCUT2D eigenvalue weighted by atomic mass is 10.1. The summed E-state index contributed by atoms with van der Waals surface area (Å²) in [6, 6.07) is 18.5. The number of rotatable bonds is 6. The number of nitriles is 1. The summed E-state index contributed by atoms with van der Waals surface area (Å²) < 4.78 is 5.80. The van der Waals surface area contributed by atoms with Crippen LogP contribution in [-0.4, -0.2) is 21.3 Å². The number of aromatic amines is 1. The van der Waals surface area contributed by atoms with E-state index in [0.29, 0.717) is 17.1 Å². The first-order valence-corrected chi connectivity index (χ1v) is 9.16. The molecular weight excluding hydrogens is 366 g/mol. The Morgan fingerprint density at radius 3 is 2.79 bits per heavy atom. The van der Waals surface area contributed by atoms with Gasteiger partial charge in [-0.2, -0.15) is 10.4 Å². The summed E-state index contributed by atoms with van der Waals surface area (Å²) in [5.41, 5.74) is 5.94. The number of benzene rings is 2. The highest BCUT2D eigenvalue weighted by Crippen LogP contribution is 2.30. The van der Waals surface area contributed by atoms with Crippen LogP contribution < -0.4 is 15.1 Å². The smallest absolute Gasteiger partial charge is 0.160 e. The van der Waals surface area contributed by atoms with E-state index < -0.39 is 0 Å². The van der Waals surface area contributed by atoms with E-state index in [0.717, 1.165) is 27.9 Å². The predicted molar refractivity (Wildman–Crippen MR) is 110 cm³/mol. The molecule has 7 nitrogen and oxygen atoms in total. The van der Waals surface area contributed by atoms with Crippen molar-refractivity contribution >= 4 is 16.7 Å². The van der Waals surface area contributed by atoms with Crippen LogP contribution in [-0.2, 0) is 0 Å². The Balaban J connectivity index is 1.59. The molecule has 0 spiro atoms. The molecule has 0 bridgehead atoms. The molecule has 0 fully saturated rings. The number of hydrogen-bond acceptors (Lipinski definition) is 6. The summed E-state index contributed by atoms with van der Waals surface area (Å²) in [6.07, 6.45) is 1.78. The molecule has 2 aromatic carbocycles. The van der Waals surface area contributed by atoms with Crippen molar-refractivity contribution < 1.29 is 9.57 Å². The van der Waals surface area contributed by atoms with Gasteiger partial charge in [-0.15, -0.1) is 0 Å². The molecule has 0 saturated heterocycles. The second-order valence-electron chi connectivity index (χ2n) is 6.72. The lowest BCUT2D eigenvalue weighted by molar-refractivity contribution is 0.243. The number of ether oxygens (including phenoxy) is 1. The second-order valence-corrected chi connectivity index (χ2v) is 6.72. The van der Waals surface area contributed by atoms with Crippen molar-refractivity contribution in [3.63, 3.8) is 0 Å². The standard InChI is InChI=1S/C22H19N5O2/c1-14(2)28-17-6-7-20-19(12-17)22(26-25-20)16-8-9-24-21(11-16)27-29-18-5-3-4-15(10-18)13-23/h3-12,14H,1-2H3,(H,24,27)(H,25,26). The van der Waals surface area contributed by atoms with Gasteiger partial charge < -0.3 is 9.57 Å². The molecule has 0 aliphatic carbocycles. The van der Waals surface area contributed by atoms with Crippen LogP contribution in [0.3, 0.4) is 0 Å². The molecule has 0 atom stereocenters. The van der Waals surface area contributed by atoms with E-state index in [1.807, 2.05) is 44.2 Å². The van der Waals surface area contributed by atoms with Crippen molar-refractivity contribution in [3.8, 4) is 28.8 Å². The molecule has 4 rings (SSSR count). The minimum atomic E-state index is 0.0937. The van der Waals surface area contributed by atoms with Crippen molar-refractivity contribution in [2.24, 2.45) is 0 Å². The van der Waals surface area contributed by atoms with E-state index >= 15 is 0 Å². The number of nitrogens with zero attached hydrogens (tertiary/aromatic N) is 3. The van der Waals surface area contributed by atoms with Crippen molar-refractivity contribution in [1.29, 1.82) is 5.26 Å². The first-order chi connectivity index (χ1) is 14.1. The van der Waals surface area contributed by atoms with Gasteiger partial charge in [0.15, 0.2) is 11.6 Å². The molecule has 2 heterocycles. The normalized spacial score (nSPS) is 10.7. The Labute approximate surface area is 167 Å². The molecule has 2 aromatic heterocycles. The van der Waals surface area contributed by atoms with Gasteiger partial charge in [0.05, 0.1) is 23.3 Å². The third-order valence-electron chi connectivity index (χ3n) is 4.18. The zero-order chi connectivity index (χ0) is 20.2. The SMILES string of the molecule is CC(C)Oc1ccc2[nH]nc(-c3ccnc(NOc4cccc(C#N)c4)c3)c2c1. The maximum atomic E-state index is 8.99. The molecule has 0 saturated carbocycles. The third-order valence-corrected chi connectivity index (χ3v) is 4.18. The molecule has 7 heteroatoms. The molecule has 0 unspecified atom stereocenters. The molecule has 144 valence electrons. The molecule has 0 amide bonds. The Bertz CT molecular complexity index is 1190. The number of fused-ring (bicyclic) bond motifs is 1. The minimum Gasteiger partial charge on any atom is -0.491 e. The third kappa shape index (κ3) is 4.12. The first kappa shape index (κ1) is 18.3. The van der Waals surface area contributed by atoms with Crippen LogP contribution in [0.2, 0.25) is 0 Å². The van der Waals surface area contributed by atoms with Crippen LogP contribution in [0.25, 0.3) is 22.2 Å². The van der Waals surface area contributed by atoms with Gasteiger partial charge >= 0.3 is 0 Å². The summed E-state index contributed by atoms with van der Waals surface area (Å²) >= 11 is 0. The average Bonchev–Trinajstić information content (AvgIpc) is 3.15. The Morgan fingerprint density at radius 1 is 1.07 bits per heavy atom. The average molecular weight is 385 g/mol. The van der Waals surface area contributed by atoms with Crippen molar-refractivity contribution in [3.05, 3.63) is 66.4 Å². The fourth-order valence-electron chi connectivity index (χ4n) is 2.93. The first-order valence-electron chi connectivity index (χ1n) is 9.16. The number of anilines is 1. The monoisotopic (exact) mass is 385 g/mol. The Hall–Kier alpha value is -4.05. The highest BCUT2D eigenvalue weighted by atomic mass is 16.6. The van der Waals surface area contributed by atoms with Gasteiger partial charge in [-0.3, -0.25) is 5.10 Å². The fraction of sp³-hybridized carbons (Fsp3) is 0.136. The Morgan fingerprint density at radius 2 is 1.97 bits per heavy atom. The summed E-state index contributed by atoms with van der Waals surface area (Å²) in [5.74, 6) is 1.84. The van der Waals surface area contributed by atoms with E-state index in [4.69, 9.17) is 14.8 Å².